The highest BCUT2D eigenvalue weighted by atomic mass is 15.4. The van der Waals surface area contributed by atoms with Crippen molar-refractivity contribution in [3.63, 3.8) is 0 Å². The third-order valence-electron chi connectivity index (χ3n) is 2.57. The molecule has 0 aliphatic rings. The second-order valence-corrected chi connectivity index (χ2v) is 4.46. The van der Waals surface area contributed by atoms with Crippen molar-refractivity contribution < 1.29 is 0 Å². The second kappa shape index (κ2) is 9.47. The zero-order chi connectivity index (χ0) is 10.8. The van der Waals surface area contributed by atoms with E-state index in [4.69, 9.17) is 0 Å². The van der Waals surface area contributed by atoms with Crippen molar-refractivity contribution in [2.24, 2.45) is 5.92 Å². The minimum absolute atomic E-state index is 0.601. The van der Waals surface area contributed by atoms with Crippen LogP contribution in [0.3, 0.4) is 0 Å². The van der Waals surface area contributed by atoms with Gasteiger partial charge in [0.15, 0.2) is 0 Å². The van der Waals surface area contributed by atoms with E-state index in [9.17, 15) is 0 Å². The van der Waals surface area contributed by atoms with Crippen LogP contribution in [-0.2, 0) is 0 Å². The summed E-state index contributed by atoms with van der Waals surface area (Å²) in [5.41, 5.74) is 6.69. The molecule has 2 atom stereocenters. The summed E-state index contributed by atoms with van der Waals surface area (Å²) in [5.74, 6) is 0.783. The molecule has 0 fully saturated rings. The van der Waals surface area contributed by atoms with Crippen molar-refractivity contribution in [3.05, 3.63) is 0 Å². The van der Waals surface area contributed by atoms with Crippen LogP contribution in [0.15, 0.2) is 0 Å². The molecule has 0 aliphatic heterocycles. The Bertz CT molecular complexity index is 115. The van der Waals surface area contributed by atoms with Crippen LogP contribution in [-0.4, -0.2) is 12.6 Å². The van der Waals surface area contributed by atoms with Crippen LogP contribution >= 0.6 is 0 Å². The highest BCUT2D eigenvalue weighted by Gasteiger charge is 2.02. The van der Waals surface area contributed by atoms with Gasteiger partial charge in [-0.1, -0.05) is 40.0 Å². The maximum absolute atomic E-state index is 3.36. The Morgan fingerprint density at radius 1 is 1.00 bits per heavy atom. The van der Waals surface area contributed by atoms with Crippen molar-refractivity contribution in [3.8, 4) is 0 Å². The fraction of sp³-hybridized carbons (Fsp3) is 1.00. The van der Waals surface area contributed by atoms with Crippen LogP contribution in [0.2, 0.25) is 0 Å². The van der Waals surface area contributed by atoms with E-state index >= 15 is 0 Å². The minimum Gasteiger partial charge on any atom is -0.257 e. The summed E-state index contributed by atoms with van der Waals surface area (Å²) in [5, 5.41) is 0. The van der Waals surface area contributed by atoms with Gasteiger partial charge in [-0.05, 0) is 25.7 Å². The van der Waals surface area contributed by atoms with Gasteiger partial charge in [0, 0.05) is 12.6 Å². The average molecular weight is 200 g/mol. The van der Waals surface area contributed by atoms with Gasteiger partial charge >= 0.3 is 0 Å². The van der Waals surface area contributed by atoms with Gasteiger partial charge in [-0.2, -0.15) is 0 Å². The lowest BCUT2D eigenvalue weighted by Gasteiger charge is -2.17. The number of unbranched alkanes of at least 4 members (excludes halogenated alkanes) is 1. The number of hydrogen-bond donors (Lipinski definition) is 2. The Labute approximate surface area is 89.8 Å². The lowest BCUT2D eigenvalue weighted by Crippen LogP contribution is -2.41. The predicted octanol–water partition coefficient (Wildman–Crippen LogP) is 3.10. The van der Waals surface area contributed by atoms with Gasteiger partial charge in [-0.3, -0.25) is 10.9 Å². The monoisotopic (exact) mass is 200 g/mol. The first-order valence-electron chi connectivity index (χ1n) is 6.19. The summed E-state index contributed by atoms with van der Waals surface area (Å²) in [6.07, 6.45) is 6.48. The molecule has 0 aromatic carbocycles. The zero-order valence-electron chi connectivity index (χ0n) is 10.4. The van der Waals surface area contributed by atoms with E-state index in [1.165, 1.54) is 32.1 Å². The molecule has 2 N–H and O–H groups in total. The SMILES string of the molecule is CCCCC(C)NNCC(C)CCC. The highest BCUT2D eigenvalue weighted by molar-refractivity contribution is 4.59. The number of hydrazine groups is 1. The molecule has 0 saturated heterocycles. The zero-order valence-corrected chi connectivity index (χ0v) is 10.4. The van der Waals surface area contributed by atoms with E-state index in [0.717, 1.165) is 12.5 Å². The molecular formula is C12H28N2. The molecule has 0 radical (unpaired) electrons. The van der Waals surface area contributed by atoms with Crippen LogP contribution in [0, 0.1) is 5.92 Å². The number of nitrogens with one attached hydrogen (secondary N) is 2. The minimum atomic E-state index is 0.601. The molecule has 0 aromatic heterocycles. The molecule has 0 bridgehead atoms. The third-order valence-corrected chi connectivity index (χ3v) is 2.57. The Hall–Kier alpha value is -0.0800. The topological polar surface area (TPSA) is 24.1 Å². The first kappa shape index (κ1) is 13.9. The van der Waals surface area contributed by atoms with Gasteiger partial charge in [-0.15, -0.1) is 0 Å². The summed E-state index contributed by atoms with van der Waals surface area (Å²) < 4.78 is 0. The molecular weight excluding hydrogens is 172 g/mol. The van der Waals surface area contributed by atoms with E-state index in [1.807, 2.05) is 0 Å². The Balaban J connectivity index is 3.25. The van der Waals surface area contributed by atoms with Crippen molar-refractivity contribution >= 4 is 0 Å². The molecule has 0 aromatic rings. The van der Waals surface area contributed by atoms with Gasteiger partial charge in [0.05, 0.1) is 0 Å². The predicted molar refractivity (Wildman–Crippen MR) is 64.2 cm³/mol. The van der Waals surface area contributed by atoms with Crippen molar-refractivity contribution in [2.45, 2.75) is 65.8 Å². The maximum atomic E-state index is 3.36. The summed E-state index contributed by atoms with van der Waals surface area (Å²) in [6, 6.07) is 0.601. The first-order chi connectivity index (χ1) is 6.70. The van der Waals surface area contributed by atoms with E-state index in [-0.39, 0.29) is 0 Å². The fourth-order valence-electron chi connectivity index (χ4n) is 1.58. The van der Waals surface area contributed by atoms with Gasteiger partial charge in [0.25, 0.3) is 0 Å². The first-order valence-corrected chi connectivity index (χ1v) is 6.19. The summed E-state index contributed by atoms with van der Waals surface area (Å²) in [4.78, 5) is 0. The second-order valence-electron chi connectivity index (χ2n) is 4.46. The van der Waals surface area contributed by atoms with Crippen LogP contribution in [0.25, 0.3) is 0 Å². The van der Waals surface area contributed by atoms with Gasteiger partial charge in [-0.25, -0.2) is 0 Å². The number of rotatable bonds is 9. The maximum Gasteiger partial charge on any atom is 0.0184 e. The molecule has 0 heterocycles. The average Bonchev–Trinajstić information content (AvgIpc) is 2.15. The standard InChI is InChI=1S/C12H28N2/c1-5-7-9-12(4)14-13-10-11(3)8-6-2/h11-14H,5-10H2,1-4H3. The van der Waals surface area contributed by atoms with Crippen LogP contribution in [0.1, 0.15) is 59.8 Å². The van der Waals surface area contributed by atoms with Gasteiger partial charge in [0.2, 0.25) is 0 Å². The summed E-state index contributed by atoms with van der Waals surface area (Å²) >= 11 is 0. The third kappa shape index (κ3) is 8.52. The lowest BCUT2D eigenvalue weighted by atomic mass is 10.1. The molecule has 0 rings (SSSR count). The largest absolute Gasteiger partial charge is 0.257 e. The molecule has 0 saturated carbocycles. The lowest BCUT2D eigenvalue weighted by molar-refractivity contribution is 0.376. The Morgan fingerprint density at radius 3 is 2.29 bits per heavy atom. The normalized spacial score (nSPS) is 15.4. The van der Waals surface area contributed by atoms with Gasteiger partial charge in [0.1, 0.15) is 0 Å². The highest BCUT2D eigenvalue weighted by Crippen LogP contribution is 2.02. The van der Waals surface area contributed by atoms with E-state index in [2.05, 4.69) is 38.5 Å². The molecule has 2 nitrogen and oxygen atoms in total. The van der Waals surface area contributed by atoms with Crippen LogP contribution in [0.4, 0.5) is 0 Å². The number of hydrogen-bond acceptors (Lipinski definition) is 2. The Morgan fingerprint density at radius 2 is 1.71 bits per heavy atom. The summed E-state index contributed by atoms with van der Waals surface area (Å²) in [7, 11) is 0. The molecule has 86 valence electrons. The quantitative estimate of drug-likeness (QED) is 0.559. The van der Waals surface area contributed by atoms with Crippen LogP contribution < -0.4 is 10.9 Å². The summed E-state index contributed by atoms with van der Waals surface area (Å²) in [6.45, 7) is 10.1. The Kier molecular flexibility index (Phi) is 9.42. The van der Waals surface area contributed by atoms with Crippen molar-refractivity contribution in [2.75, 3.05) is 6.54 Å². The van der Waals surface area contributed by atoms with Crippen molar-refractivity contribution in [1.82, 2.24) is 10.9 Å². The molecule has 2 heteroatoms. The van der Waals surface area contributed by atoms with Gasteiger partial charge < -0.3 is 0 Å². The molecule has 14 heavy (non-hydrogen) atoms. The van der Waals surface area contributed by atoms with E-state index < -0.39 is 0 Å². The smallest absolute Gasteiger partial charge is 0.0184 e. The van der Waals surface area contributed by atoms with Crippen LogP contribution in [0.5, 0.6) is 0 Å². The van der Waals surface area contributed by atoms with E-state index in [1.54, 1.807) is 0 Å². The molecule has 0 spiro atoms. The van der Waals surface area contributed by atoms with E-state index in [0.29, 0.717) is 6.04 Å². The molecule has 0 aliphatic carbocycles. The van der Waals surface area contributed by atoms with Crippen molar-refractivity contribution in [1.29, 1.82) is 0 Å². The molecule has 2 unspecified atom stereocenters. The molecule has 0 amide bonds. The fourth-order valence-corrected chi connectivity index (χ4v) is 1.58.